The lowest BCUT2D eigenvalue weighted by molar-refractivity contribution is -0.153. The van der Waals surface area contributed by atoms with Gasteiger partial charge in [-0.2, -0.15) is 0 Å². The van der Waals surface area contributed by atoms with E-state index in [4.69, 9.17) is 10.8 Å². The van der Waals surface area contributed by atoms with Gasteiger partial charge in [0.05, 0.1) is 12.5 Å². The summed E-state index contributed by atoms with van der Waals surface area (Å²) in [6.07, 6.45) is 0.315. The Bertz CT molecular complexity index is 193. The predicted octanol–water partition coefficient (Wildman–Crippen LogP) is -0.0124. The molecule has 0 aromatic carbocycles. The number of ether oxygens (including phenoxy) is 1. The molecule has 0 aromatic rings. The normalized spacial score (nSPS) is 14.7. The van der Waals surface area contributed by atoms with Crippen LogP contribution in [-0.4, -0.2) is 29.7 Å². The average Bonchev–Trinajstić information content (AvgIpc) is 2.05. The van der Waals surface area contributed by atoms with E-state index in [1.165, 1.54) is 0 Å². The molecule has 13 heavy (non-hydrogen) atoms. The average molecular weight is 189 g/mol. The molecule has 0 aliphatic carbocycles. The third-order valence-corrected chi connectivity index (χ3v) is 1.75. The van der Waals surface area contributed by atoms with Gasteiger partial charge in [-0.3, -0.25) is 9.59 Å². The van der Waals surface area contributed by atoms with Crippen LogP contribution >= 0.6 is 0 Å². The van der Waals surface area contributed by atoms with Crippen molar-refractivity contribution in [1.29, 1.82) is 0 Å². The number of nitrogens with two attached hydrogens (primary N) is 1. The molecule has 0 heterocycles. The van der Waals surface area contributed by atoms with E-state index >= 15 is 0 Å². The van der Waals surface area contributed by atoms with Gasteiger partial charge in [-0.25, -0.2) is 0 Å². The van der Waals surface area contributed by atoms with Crippen LogP contribution in [-0.2, 0) is 14.3 Å². The lowest BCUT2D eigenvalue weighted by Crippen LogP contribution is -2.42. The molecule has 5 nitrogen and oxygen atoms in total. The number of hydrogen-bond acceptors (Lipinski definition) is 4. The van der Waals surface area contributed by atoms with E-state index in [1.54, 1.807) is 13.8 Å². The minimum absolute atomic E-state index is 0.211. The molecule has 0 unspecified atom stereocenters. The third-order valence-electron chi connectivity index (χ3n) is 1.75. The van der Waals surface area contributed by atoms with Crippen molar-refractivity contribution in [2.75, 3.05) is 6.61 Å². The van der Waals surface area contributed by atoms with Gasteiger partial charge in [-0.1, -0.05) is 6.92 Å². The Kier molecular flexibility index (Phi) is 5.06. The molecule has 0 radical (unpaired) electrons. The highest BCUT2D eigenvalue weighted by Gasteiger charge is 2.29. The van der Waals surface area contributed by atoms with Crippen LogP contribution in [0.15, 0.2) is 0 Å². The van der Waals surface area contributed by atoms with Gasteiger partial charge in [0, 0.05) is 0 Å². The van der Waals surface area contributed by atoms with Gasteiger partial charge < -0.3 is 15.6 Å². The summed E-state index contributed by atoms with van der Waals surface area (Å²) in [4.78, 5) is 21.6. The molecule has 0 saturated carbocycles. The highest BCUT2D eigenvalue weighted by atomic mass is 16.5. The maximum atomic E-state index is 11.0. The van der Waals surface area contributed by atoms with Gasteiger partial charge in [0.1, 0.15) is 6.04 Å². The largest absolute Gasteiger partial charge is 0.481 e. The van der Waals surface area contributed by atoms with E-state index in [2.05, 4.69) is 4.74 Å². The van der Waals surface area contributed by atoms with Crippen molar-refractivity contribution in [3.05, 3.63) is 0 Å². The minimum Gasteiger partial charge on any atom is -0.481 e. The Balaban J connectivity index is 4.27. The molecule has 0 fully saturated rings. The Morgan fingerprint density at radius 3 is 2.31 bits per heavy atom. The number of carboxylic acids is 1. The predicted molar refractivity (Wildman–Crippen MR) is 46.0 cm³/mol. The van der Waals surface area contributed by atoms with Gasteiger partial charge in [-0.15, -0.1) is 0 Å². The van der Waals surface area contributed by atoms with Crippen LogP contribution in [0.2, 0.25) is 0 Å². The molecule has 0 spiro atoms. The zero-order valence-electron chi connectivity index (χ0n) is 7.82. The highest BCUT2D eigenvalue weighted by molar-refractivity contribution is 5.83. The fourth-order valence-electron chi connectivity index (χ4n) is 0.985. The summed E-state index contributed by atoms with van der Waals surface area (Å²) in [5.41, 5.74) is 5.40. The first-order valence-electron chi connectivity index (χ1n) is 4.19. The van der Waals surface area contributed by atoms with Crippen LogP contribution in [0, 0.1) is 5.92 Å². The number of carboxylic acid groups (broad SMARTS) is 1. The number of carbonyl (C=O) groups excluding carboxylic acids is 1. The maximum Gasteiger partial charge on any atom is 0.323 e. The number of carbonyl (C=O) groups is 2. The van der Waals surface area contributed by atoms with Crippen LogP contribution < -0.4 is 5.73 Å². The quantitative estimate of drug-likeness (QED) is 0.593. The summed E-state index contributed by atoms with van der Waals surface area (Å²) in [6, 6.07) is -1.07. The van der Waals surface area contributed by atoms with E-state index in [9.17, 15) is 9.59 Å². The van der Waals surface area contributed by atoms with Gasteiger partial charge in [-0.05, 0) is 13.3 Å². The zero-order chi connectivity index (χ0) is 10.4. The lowest BCUT2D eigenvalue weighted by Gasteiger charge is -2.16. The van der Waals surface area contributed by atoms with Gasteiger partial charge >= 0.3 is 11.9 Å². The zero-order valence-corrected chi connectivity index (χ0v) is 7.82. The Morgan fingerprint density at radius 2 is 2.00 bits per heavy atom. The molecule has 2 atom stereocenters. The van der Waals surface area contributed by atoms with E-state index in [-0.39, 0.29) is 6.61 Å². The molecule has 76 valence electrons. The van der Waals surface area contributed by atoms with Gasteiger partial charge in [0.25, 0.3) is 0 Å². The Labute approximate surface area is 76.9 Å². The maximum absolute atomic E-state index is 11.0. The first kappa shape index (κ1) is 11.9. The first-order chi connectivity index (χ1) is 6.04. The Morgan fingerprint density at radius 1 is 1.46 bits per heavy atom. The highest BCUT2D eigenvalue weighted by Crippen LogP contribution is 2.08. The topological polar surface area (TPSA) is 89.6 Å². The summed E-state index contributed by atoms with van der Waals surface area (Å²) in [7, 11) is 0. The summed E-state index contributed by atoms with van der Waals surface area (Å²) < 4.78 is 4.61. The van der Waals surface area contributed by atoms with E-state index in [1.807, 2.05) is 0 Å². The SMILES string of the molecule is CCOC(=O)[C@@H](N)[C@H](CC)C(=O)O. The molecular weight excluding hydrogens is 174 g/mol. The summed E-state index contributed by atoms with van der Waals surface area (Å²) in [5.74, 6) is -2.58. The van der Waals surface area contributed by atoms with Crippen molar-refractivity contribution in [3.63, 3.8) is 0 Å². The smallest absolute Gasteiger partial charge is 0.323 e. The third kappa shape index (κ3) is 3.42. The molecule has 0 aromatic heterocycles. The van der Waals surface area contributed by atoms with Crippen LogP contribution in [0.5, 0.6) is 0 Å². The molecule has 0 bridgehead atoms. The molecule has 0 amide bonds. The van der Waals surface area contributed by atoms with E-state index in [0.717, 1.165) is 0 Å². The molecule has 0 saturated heterocycles. The standard InChI is InChI=1S/C8H15NO4/c1-3-5(7(10)11)6(9)8(12)13-4-2/h5-6H,3-4,9H2,1-2H3,(H,10,11)/t5-,6-/m0/s1. The molecular formula is C8H15NO4. The van der Waals surface area contributed by atoms with Crippen LogP contribution in [0.3, 0.4) is 0 Å². The summed E-state index contributed by atoms with van der Waals surface area (Å²) >= 11 is 0. The Hall–Kier alpha value is -1.10. The van der Waals surface area contributed by atoms with Gasteiger partial charge in [0.2, 0.25) is 0 Å². The molecule has 0 rings (SSSR count). The van der Waals surface area contributed by atoms with Gasteiger partial charge in [0.15, 0.2) is 0 Å². The minimum atomic E-state index is -1.07. The van der Waals surface area contributed by atoms with E-state index in [0.29, 0.717) is 6.42 Å². The number of rotatable bonds is 5. The fraction of sp³-hybridized carbons (Fsp3) is 0.750. The van der Waals surface area contributed by atoms with Crippen molar-refractivity contribution < 1.29 is 19.4 Å². The first-order valence-corrected chi connectivity index (χ1v) is 4.19. The molecule has 3 N–H and O–H groups in total. The van der Waals surface area contributed by atoms with Crippen LogP contribution in [0.1, 0.15) is 20.3 Å². The second-order valence-corrected chi connectivity index (χ2v) is 2.63. The number of hydrogen-bond donors (Lipinski definition) is 2. The van der Waals surface area contributed by atoms with Crippen molar-refractivity contribution in [2.24, 2.45) is 11.7 Å². The molecule has 5 heteroatoms. The summed E-state index contributed by atoms with van der Waals surface area (Å²) in [5, 5.41) is 8.67. The van der Waals surface area contributed by atoms with Crippen LogP contribution in [0.25, 0.3) is 0 Å². The monoisotopic (exact) mass is 189 g/mol. The lowest BCUT2D eigenvalue weighted by atomic mass is 9.98. The fourth-order valence-corrected chi connectivity index (χ4v) is 0.985. The van der Waals surface area contributed by atoms with Crippen molar-refractivity contribution >= 4 is 11.9 Å². The van der Waals surface area contributed by atoms with Crippen molar-refractivity contribution in [2.45, 2.75) is 26.3 Å². The second-order valence-electron chi connectivity index (χ2n) is 2.63. The van der Waals surface area contributed by atoms with E-state index < -0.39 is 23.9 Å². The second kappa shape index (κ2) is 5.53. The van der Waals surface area contributed by atoms with Crippen LogP contribution in [0.4, 0.5) is 0 Å². The summed E-state index contributed by atoms with van der Waals surface area (Å²) in [6.45, 7) is 3.52. The van der Waals surface area contributed by atoms with Crippen molar-refractivity contribution in [1.82, 2.24) is 0 Å². The number of esters is 1. The van der Waals surface area contributed by atoms with Crippen molar-refractivity contribution in [3.8, 4) is 0 Å². The molecule has 0 aliphatic rings. The molecule has 0 aliphatic heterocycles. The number of aliphatic carboxylic acids is 1.